The third-order valence-corrected chi connectivity index (χ3v) is 3.38. The quantitative estimate of drug-likeness (QED) is 0.921. The molecule has 0 aliphatic heterocycles. The highest BCUT2D eigenvalue weighted by molar-refractivity contribution is 5.85. The van der Waals surface area contributed by atoms with E-state index in [9.17, 15) is 4.79 Å². The van der Waals surface area contributed by atoms with Crippen LogP contribution in [0.3, 0.4) is 0 Å². The minimum absolute atomic E-state index is 0. The maximum atomic E-state index is 12.1. The molecule has 2 aromatic carbocycles. The highest BCUT2D eigenvalue weighted by Gasteiger charge is 2.20. The smallest absolute Gasteiger partial charge is 0.253 e. The number of halogens is 1. The molecule has 114 valence electrons. The number of benzene rings is 2. The van der Waals surface area contributed by atoms with Crippen LogP contribution in [0.4, 0.5) is 0 Å². The van der Waals surface area contributed by atoms with Gasteiger partial charge in [0.05, 0.1) is 0 Å². The summed E-state index contributed by atoms with van der Waals surface area (Å²) in [7, 11) is 3.26. The first-order valence-electron chi connectivity index (χ1n) is 6.61. The normalized spacial score (nSPS) is 11.8. The van der Waals surface area contributed by atoms with Crippen molar-refractivity contribution in [2.45, 2.75) is 12.6 Å². The molecule has 0 bridgehead atoms. The van der Waals surface area contributed by atoms with E-state index in [1.165, 1.54) is 17.9 Å². The SMILES string of the molecule is COC(CN)C(=O)N(C)Cc1ccc2ccccc2c1.Cl. The number of nitrogens with two attached hydrogens (primary N) is 1. The van der Waals surface area contributed by atoms with E-state index in [2.05, 4.69) is 24.3 Å². The highest BCUT2D eigenvalue weighted by atomic mass is 35.5. The number of fused-ring (bicyclic) bond motifs is 1. The first kappa shape index (κ1) is 17.4. The summed E-state index contributed by atoms with van der Waals surface area (Å²) < 4.78 is 5.07. The lowest BCUT2D eigenvalue weighted by atomic mass is 10.1. The maximum Gasteiger partial charge on any atom is 0.253 e. The monoisotopic (exact) mass is 308 g/mol. The Morgan fingerprint density at radius 2 is 1.90 bits per heavy atom. The van der Waals surface area contributed by atoms with Gasteiger partial charge in [0.2, 0.25) is 0 Å². The van der Waals surface area contributed by atoms with Crippen molar-refractivity contribution in [1.29, 1.82) is 0 Å². The summed E-state index contributed by atoms with van der Waals surface area (Å²) in [4.78, 5) is 13.7. The maximum absolute atomic E-state index is 12.1. The van der Waals surface area contributed by atoms with E-state index < -0.39 is 6.10 Å². The number of methoxy groups -OCH3 is 1. The molecular weight excluding hydrogens is 288 g/mol. The van der Waals surface area contributed by atoms with Crippen molar-refractivity contribution in [2.24, 2.45) is 5.73 Å². The van der Waals surface area contributed by atoms with Crippen LogP contribution in [0, 0.1) is 0 Å². The molecule has 0 aliphatic rings. The Balaban J connectivity index is 0.00000220. The van der Waals surface area contributed by atoms with Gasteiger partial charge in [0, 0.05) is 27.2 Å². The lowest BCUT2D eigenvalue weighted by Crippen LogP contribution is -2.41. The van der Waals surface area contributed by atoms with Crippen molar-refractivity contribution in [3.63, 3.8) is 0 Å². The van der Waals surface area contributed by atoms with Crippen LogP contribution < -0.4 is 5.73 Å². The Morgan fingerprint density at radius 1 is 1.24 bits per heavy atom. The van der Waals surface area contributed by atoms with Crippen LogP contribution in [0.5, 0.6) is 0 Å². The van der Waals surface area contributed by atoms with Gasteiger partial charge in [-0.1, -0.05) is 36.4 Å². The number of amides is 1. The molecule has 1 atom stereocenters. The fourth-order valence-electron chi connectivity index (χ4n) is 2.23. The standard InChI is InChI=1S/C16H20N2O2.ClH/c1-18(16(19)15(10-17)20-2)11-12-7-8-13-5-3-4-6-14(13)9-12;/h3-9,15H,10-11,17H2,1-2H3;1H. The van der Waals surface area contributed by atoms with Gasteiger partial charge in [0.15, 0.2) is 0 Å². The second-order valence-corrected chi connectivity index (χ2v) is 4.84. The van der Waals surface area contributed by atoms with E-state index in [4.69, 9.17) is 10.5 Å². The Kier molecular flexibility index (Phi) is 6.62. The van der Waals surface area contributed by atoms with Crippen LogP contribution in [0.1, 0.15) is 5.56 Å². The lowest BCUT2D eigenvalue weighted by molar-refractivity contribution is -0.140. The molecule has 0 aliphatic carbocycles. The summed E-state index contributed by atoms with van der Waals surface area (Å²) in [5, 5.41) is 2.37. The lowest BCUT2D eigenvalue weighted by Gasteiger charge is -2.22. The molecule has 0 aromatic heterocycles. The van der Waals surface area contributed by atoms with Crippen molar-refractivity contribution in [1.82, 2.24) is 4.90 Å². The van der Waals surface area contributed by atoms with Crippen LogP contribution in [-0.2, 0) is 16.1 Å². The van der Waals surface area contributed by atoms with Crippen molar-refractivity contribution >= 4 is 29.1 Å². The zero-order valence-electron chi connectivity index (χ0n) is 12.3. The van der Waals surface area contributed by atoms with Gasteiger partial charge in [0.1, 0.15) is 6.10 Å². The van der Waals surface area contributed by atoms with E-state index in [1.54, 1.807) is 11.9 Å². The Labute approximate surface area is 131 Å². The number of carbonyl (C=O) groups is 1. The number of ether oxygens (including phenoxy) is 1. The third kappa shape index (κ3) is 4.17. The first-order valence-corrected chi connectivity index (χ1v) is 6.61. The molecule has 4 nitrogen and oxygen atoms in total. The van der Waals surface area contributed by atoms with Gasteiger partial charge in [-0.3, -0.25) is 4.79 Å². The number of likely N-dealkylation sites (N-methyl/N-ethyl adjacent to an activating group) is 1. The van der Waals surface area contributed by atoms with E-state index in [-0.39, 0.29) is 24.9 Å². The Hall–Kier alpha value is -1.62. The molecule has 0 spiro atoms. The molecular formula is C16H21ClN2O2. The van der Waals surface area contributed by atoms with Gasteiger partial charge in [0.25, 0.3) is 5.91 Å². The molecule has 0 saturated carbocycles. The number of nitrogens with zero attached hydrogens (tertiary/aromatic N) is 1. The third-order valence-electron chi connectivity index (χ3n) is 3.38. The number of hydrogen-bond donors (Lipinski definition) is 1. The summed E-state index contributed by atoms with van der Waals surface area (Å²) in [6.07, 6.45) is -0.569. The Bertz CT molecular complexity index is 600. The molecule has 0 radical (unpaired) electrons. The van der Waals surface area contributed by atoms with E-state index in [0.29, 0.717) is 6.54 Å². The topological polar surface area (TPSA) is 55.6 Å². The number of hydrogen-bond acceptors (Lipinski definition) is 3. The molecule has 1 amide bonds. The summed E-state index contributed by atoms with van der Waals surface area (Å²) >= 11 is 0. The predicted molar refractivity (Wildman–Crippen MR) is 87.5 cm³/mol. The molecule has 0 saturated heterocycles. The van der Waals surface area contributed by atoms with Crippen LogP contribution in [0.2, 0.25) is 0 Å². The molecule has 0 heterocycles. The van der Waals surface area contributed by atoms with Crippen LogP contribution in [0.25, 0.3) is 10.8 Å². The van der Waals surface area contributed by atoms with Gasteiger partial charge in [-0.05, 0) is 22.4 Å². The van der Waals surface area contributed by atoms with Gasteiger partial charge >= 0.3 is 0 Å². The van der Waals surface area contributed by atoms with Crippen molar-refractivity contribution in [3.8, 4) is 0 Å². The minimum atomic E-state index is -0.569. The van der Waals surface area contributed by atoms with Crippen molar-refractivity contribution < 1.29 is 9.53 Å². The summed E-state index contributed by atoms with van der Waals surface area (Å²) in [6, 6.07) is 14.4. The highest BCUT2D eigenvalue weighted by Crippen LogP contribution is 2.16. The van der Waals surface area contributed by atoms with Gasteiger partial charge < -0.3 is 15.4 Å². The molecule has 2 N–H and O–H groups in total. The van der Waals surface area contributed by atoms with Crippen LogP contribution in [-0.4, -0.2) is 37.6 Å². The van der Waals surface area contributed by atoms with E-state index in [1.807, 2.05) is 18.2 Å². The second-order valence-electron chi connectivity index (χ2n) is 4.84. The largest absolute Gasteiger partial charge is 0.370 e. The Morgan fingerprint density at radius 3 is 2.52 bits per heavy atom. The van der Waals surface area contributed by atoms with Gasteiger partial charge in [-0.15, -0.1) is 12.4 Å². The van der Waals surface area contributed by atoms with Gasteiger partial charge in [-0.2, -0.15) is 0 Å². The molecule has 5 heteroatoms. The minimum Gasteiger partial charge on any atom is -0.370 e. The second kappa shape index (κ2) is 7.98. The van der Waals surface area contributed by atoms with E-state index >= 15 is 0 Å². The molecule has 1 unspecified atom stereocenters. The van der Waals surface area contributed by atoms with Crippen LogP contribution in [0.15, 0.2) is 42.5 Å². The average Bonchev–Trinajstić information content (AvgIpc) is 2.48. The van der Waals surface area contributed by atoms with Crippen LogP contribution >= 0.6 is 12.4 Å². The zero-order valence-corrected chi connectivity index (χ0v) is 13.1. The fraction of sp³-hybridized carbons (Fsp3) is 0.312. The van der Waals surface area contributed by atoms with Gasteiger partial charge in [-0.25, -0.2) is 0 Å². The van der Waals surface area contributed by atoms with E-state index in [0.717, 1.165) is 5.56 Å². The average molecular weight is 309 g/mol. The number of rotatable bonds is 5. The first-order chi connectivity index (χ1) is 9.65. The van der Waals surface area contributed by atoms with Crippen molar-refractivity contribution in [3.05, 3.63) is 48.0 Å². The molecule has 21 heavy (non-hydrogen) atoms. The predicted octanol–water partition coefficient (Wildman–Crippen LogP) is 2.19. The summed E-state index contributed by atoms with van der Waals surface area (Å²) in [6.45, 7) is 0.737. The summed E-state index contributed by atoms with van der Waals surface area (Å²) in [5.74, 6) is -0.0943. The summed E-state index contributed by atoms with van der Waals surface area (Å²) in [5.41, 5.74) is 6.61. The van der Waals surface area contributed by atoms with Crippen molar-refractivity contribution in [2.75, 3.05) is 20.7 Å². The molecule has 2 rings (SSSR count). The fourth-order valence-corrected chi connectivity index (χ4v) is 2.23. The number of carbonyl (C=O) groups excluding carboxylic acids is 1. The molecule has 0 fully saturated rings. The zero-order chi connectivity index (χ0) is 14.5. The molecule has 2 aromatic rings.